The summed E-state index contributed by atoms with van der Waals surface area (Å²) in [6.45, 7) is 14.4. The van der Waals surface area contributed by atoms with Gasteiger partial charge in [-0.25, -0.2) is 4.79 Å². The molecule has 0 spiro atoms. The Balaban J connectivity index is 2.45. The molecule has 0 aliphatic rings. The highest BCUT2D eigenvalue weighted by Crippen LogP contribution is 2.28. The highest BCUT2D eigenvalue weighted by Gasteiger charge is 2.28. The normalized spacial score (nSPS) is 13.6. The molecule has 1 rings (SSSR count). The number of hydrogen-bond donors (Lipinski definition) is 0. The first kappa shape index (κ1) is 26.4. The highest BCUT2D eigenvalue weighted by molar-refractivity contribution is 5.81. The van der Waals surface area contributed by atoms with Crippen molar-refractivity contribution in [3.63, 3.8) is 0 Å². The van der Waals surface area contributed by atoms with E-state index in [0.717, 1.165) is 12.8 Å². The summed E-state index contributed by atoms with van der Waals surface area (Å²) in [7, 11) is 0. The van der Waals surface area contributed by atoms with Crippen molar-refractivity contribution in [3.8, 4) is 0 Å². The Hall–Kier alpha value is -1.61. The van der Waals surface area contributed by atoms with Gasteiger partial charge < -0.3 is 9.47 Å². The SMILES string of the molecule is C=CC(=O)OC(C)(CC)CCOC(C)(C)c1ccc(CCCCCCCCC)cc1. The van der Waals surface area contributed by atoms with Crippen LogP contribution in [0.25, 0.3) is 0 Å². The summed E-state index contributed by atoms with van der Waals surface area (Å²) in [4.78, 5) is 11.6. The lowest BCUT2D eigenvalue weighted by atomic mass is 9.95. The van der Waals surface area contributed by atoms with E-state index >= 15 is 0 Å². The van der Waals surface area contributed by atoms with E-state index < -0.39 is 5.60 Å². The molecule has 1 atom stereocenters. The summed E-state index contributed by atoms with van der Waals surface area (Å²) in [5, 5.41) is 0. The van der Waals surface area contributed by atoms with Gasteiger partial charge in [0.15, 0.2) is 0 Å². The third-order valence-corrected chi connectivity index (χ3v) is 6.07. The Morgan fingerprint density at radius 3 is 2.13 bits per heavy atom. The zero-order valence-corrected chi connectivity index (χ0v) is 20.1. The molecule has 0 fully saturated rings. The number of ether oxygens (including phenoxy) is 2. The predicted octanol–water partition coefficient (Wildman–Crippen LogP) is 7.52. The maximum Gasteiger partial charge on any atom is 0.330 e. The third kappa shape index (κ3) is 9.93. The third-order valence-electron chi connectivity index (χ3n) is 6.07. The molecule has 0 aromatic heterocycles. The number of hydrogen-bond acceptors (Lipinski definition) is 3. The van der Waals surface area contributed by atoms with Crippen molar-refractivity contribution >= 4 is 5.97 Å². The van der Waals surface area contributed by atoms with Gasteiger partial charge in [0.2, 0.25) is 0 Å². The van der Waals surface area contributed by atoms with Crippen LogP contribution in [-0.4, -0.2) is 18.2 Å². The molecule has 0 saturated carbocycles. The molecule has 0 saturated heterocycles. The van der Waals surface area contributed by atoms with E-state index in [-0.39, 0.29) is 11.6 Å². The van der Waals surface area contributed by atoms with Crippen molar-refractivity contribution in [1.82, 2.24) is 0 Å². The molecule has 0 heterocycles. The maximum atomic E-state index is 11.6. The number of rotatable bonds is 16. The monoisotopic (exact) mass is 416 g/mol. The van der Waals surface area contributed by atoms with Gasteiger partial charge in [0, 0.05) is 12.5 Å². The van der Waals surface area contributed by atoms with Gasteiger partial charge in [0.05, 0.1) is 12.2 Å². The van der Waals surface area contributed by atoms with Gasteiger partial charge in [-0.2, -0.15) is 0 Å². The van der Waals surface area contributed by atoms with Crippen LogP contribution >= 0.6 is 0 Å². The van der Waals surface area contributed by atoms with E-state index in [1.165, 1.54) is 62.1 Å². The van der Waals surface area contributed by atoms with Gasteiger partial charge in [0.1, 0.15) is 5.60 Å². The molecule has 1 unspecified atom stereocenters. The lowest BCUT2D eigenvalue weighted by molar-refractivity contribution is -0.155. The zero-order chi connectivity index (χ0) is 22.5. The lowest BCUT2D eigenvalue weighted by Crippen LogP contribution is -2.33. The first-order valence-corrected chi connectivity index (χ1v) is 11.8. The molecule has 0 amide bonds. The molecule has 3 nitrogen and oxygen atoms in total. The molecule has 30 heavy (non-hydrogen) atoms. The van der Waals surface area contributed by atoms with Gasteiger partial charge in [-0.1, -0.05) is 83.2 Å². The number of esters is 1. The molecule has 1 aromatic carbocycles. The van der Waals surface area contributed by atoms with E-state index in [1.54, 1.807) is 0 Å². The van der Waals surface area contributed by atoms with Crippen molar-refractivity contribution in [3.05, 3.63) is 48.0 Å². The second-order valence-electron chi connectivity index (χ2n) is 9.11. The van der Waals surface area contributed by atoms with Crippen LogP contribution in [0.5, 0.6) is 0 Å². The van der Waals surface area contributed by atoms with Crippen LogP contribution in [0.1, 0.15) is 104 Å². The smallest absolute Gasteiger partial charge is 0.330 e. The molecule has 0 bridgehead atoms. The number of carbonyl (C=O) groups excluding carboxylic acids is 1. The highest BCUT2D eigenvalue weighted by atomic mass is 16.6. The molecule has 0 N–H and O–H groups in total. The molecule has 0 aliphatic carbocycles. The molecule has 1 aromatic rings. The molecular formula is C27H44O3. The minimum absolute atomic E-state index is 0.379. The van der Waals surface area contributed by atoms with Crippen LogP contribution in [0.3, 0.4) is 0 Å². The van der Waals surface area contributed by atoms with Crippen LogP contribution in [0.2, 0.25) is 0 Å². The van der Waals surface area contributed by atoms with E-state index in [2.05, 4.69) is 51.6 Å². The Bertz CT molecular complexity index is 618. The van der Waals surface area contributed by atoms with Gasteiger partial charge in [-0.3, -0.25) is 0 Å². The van der Waals surface area contributed by atoms with Crippen LogP contribution in [0.4, 0.5) is 0 Å². The van der Waals surface area contributed by atoms with Gasteiger partial charge >= 0.3 is 5.97 Å². The first-order valence-electron chi connectivity index (χ1n) is 11.8. The van der Waals surface area contributed by atoms with Crippen LogP contribution < -0.4 is 0 Å². The minimum atomic E-state index is -0.526. The van der Waals surface area contributed by atoms with Gasteiger partial charge in [0.25, 0.3) is 0 Å². The predicted molar refractivity (Wildman–Crippen MR) is 127 cm³/mol. The van der Waals surface area contributed by atoms with Crippen LogP contribution in [0.15, 0.2) is 36.9 Å². The van der Waals surface area contributed by atoms with Gasteiger partial charge in [-0.15, -0.1) is 0 Å². The Kier molecular flexibility index (Phi) is 12.0. The van der Waals surface area contributed by atoms with Crippen molar-refractivity contribution in [1.29, 1.82) is 0 Å². The summed E-state index contributed by atoms with van der Waals surface area (Å²) < 4.78 is 11.7. The fraction of sp³-hybridized carbons (Fsp3) is 0.667. The molecule has 0 radical (unpaired) electrons. The molecule has 170 valence electrons. The topological polar surface area (TPSA) is 35.5 Å². The summed E-state index contributed by atoms with van der Waals surface area (Å²) in [5.41, 5.74) is 1.67. The van der Waals surface area contributed by atoms with Crippen molar-refractivity contribution in [2.45, 2.75) is 110 Å². The average Bonchev–Trinajstić information content (AvgIpc) is 2.73. The average molecular weight is 417 g/mol. The lowest BCUT2D eigenvalue weighted by Gasteiger charge is -2.31. The zero-order valence-electron chi connectivity index (χ0n) is 20.1. The van der Waals surface area contributed by atoms with Crippen LogP contribution in [0, 0.1) is 0 Å². The summed E-state index contributed by atoms with van der Waals surface area (Å²) in [6.07, 6.45) is 13.2. The van der Waals surface area contributed by atoms with Crippen molar-refractivity contribution in [2.75, 3.05) is 6.61 Å². The summed E-state index contributed by atoms with van der Waals surface area (Å²) in [6, 6.07) is 8.85. The number of carbonyl (C=O) groups is 1. The number of benzene rings is 1. The fourth-order valence-corrected chi connectivity index (χ4v) is 3.55. The quantitative estimate of drug-likeness (QED) is 0.159. The van der Waals surface area contributed by atoms with Gasteiger partial charge in [-0.05, 0) is 51.2 Å². The minimum Gasteiger partial charge on any atom is -0.456 e. The number of unbranched alkanes of at least 4 members (excludes halogenated alkanes) is 6. The number of aryl methyl sites for hydroxylation is 1. The van der Waals surface area contributed by atoms with E-state index in [9.17, 15) is 4.79 Å². The van der Waals surface area contributed by atoms with Crippen LogP contribution in [-0.2, 0) is 26.3 Å². The van der Waals surface area contributed by atoms with E-state index in [4.69, 9.17) is 9.47 Å². The fourth-order valence-electron chi connectivity index (χ4n) is 3.55. The van der Waals surface area contributed by atoms with E-state index in [1.807, 2.05) is 13.8 Å². The Morgan fingerprint density at radius 1 is 0.967 bits per heavy atom. The van der Waals surface area contributed by atoms with Crippen molar-refractivity contribution in [2.24, 2.45) is 0 Å². The molecular weight excluding hydrogens is 372 g/mol. The maximum absolute atomic E-state index is 11.6. The van der Waals surface area contributed by atoms with E-state index in [0.29, 0.717) is 13.0 Å². The summed E-state index contributed by atoms with van der Waals surface area (Å²) in [5.74, 6) is -0.379. The second kappa shape index (κ2) is 13.6. The first-order chi connectivity index (χ1) is 14.3. The summed E-state index contributed by atoms with van der Waals surface area (Å²) >= 11 is 0. The Labute approximate surface area is 185 Å². The molecule has 0 aliphatic heterocycles. The standard InChI is InChI=1S/C27H44O3/c1-7-10-11-12-13-14-15-16-23-17-19-24(20-18-23)26(4,5)29-22-21-27(6,9-3)30-25(28)8-2/h8,17-20H,2,7,9-16,21-22H2,1,3-6H3. The molecule has 3 heteroatoms. The largest absolute Gasteiger partial charge is 0.456 e. The second-order valence-corrected chi connectivity index (χ2v) is 9.11. The van der Waals surface area contributed by atoms with Crippen molar-refractivity contribution < 1.29 is 14.3 Å². The Morgan fingerprint density at radius 2 is 1.57 bits per heavy atom.